The number of rotatable bonds is 7. The van der Waals surface area contributed by atoms with Gasteiger partial charge in [-0.15, -0.1) is 0 Å². The maximum atomic E-state index is 4.05. The van der Waals surface area contributed by atoms with E-state index in [1.807, 2.05) is 25.2 Å². The summed E-state index contributed by atoms with van der Waals surface area (Å²) in [5.74, 6) is 0.628. The van der Waals surface area contributed by atoms with E-state index in [-0.39, 0.29) is 0 Å². The van der Waals surface area contributed by atoms with Gasteiger partial charge in [-0.1, -0.05) is 79.8 Å². The standard InChI is InChI=1S/C25H30IN/c1-5-6-7-8-9-12-23(18-14-20(2)3)27(26)25-13-10-11-22-17-15-21(4)16-19-24(22)25/h5-13,15,17-18,21H,2,14,16,19H2,1,3-4H3/b6-5-,8-7+,12-9-,23-18-/t21-/m0/s1. The maximum absolute atomic E-state index is 4.05. The largest absolute Gasteiger partial charge is 0.283 e. The van der Waals surface area contributed by atoms with Crippen molar-refractivity contribution in [2.75, 3.05) is 3.11 Å². The fourth-order valence-corrected chi connectivity index (χ4v) is 3.78. The topological polar surface area (TPSA) is 3.24 Å². The van der Waals surface area contributed by atoms with Crippen molar-refractivity contribution in [3.05, 3.63) is 95.8 Å². The van der Waals surface area contributed by atoms with Gasteiger partial charge in [0.25, 0.3) is 0 Å². The number of nitrogens with zero attached hydrogens (tertiary/aromatic N) is 1. The van der Waals surface area contributed by atoms with Gasteiger partial charge in [-0.25, -0.2) is 0 Å². The van der Waals surface area contributed by atoms with E-state index in [1.165, 1.54) is 34.5 Å². The molecule has 2 heteroatoms. The zero-order chi connectivity index (χ0) is 19.6. The average Bonchev–Trinajstić information content (AvgIpc) is 2.85. The number of fused-ring (bicyclic) bond motifs is 1. The lowest BCUT2D eigenvalue weighted by atomic mass is 10.00. The lowest BCUT2D eigenvalue weighted by Gasteiger charge is -2.23. The fraction of sp³-hybridized carbons (Fsp3) is 0.280. The molecular weight excluding hydrogens is 441 g/mol. The van der Waals surface area contributed by atoms with Crippen LogP contribution < -0.4 is 3.11 Å². The van der Waals surface area contributed by atoms with Crippen LogP contribution in [0.4, 0.5) is 5.69 Å². The predicted octanol–water partition coefficient (Wildman–Crippen LogP) is 7.98. The minimum absolute atomic E-state index is 0.628. The molecule has 0 bridgehead atoms. The Morgan fingerprint density at radius 3 is 2.78 bits per heavy atom. The highest BCUT2D eigenvalue weighted by molar-refractivity contribution is 14.1. The second-order valence-electron chi connectivity index (χ2n) is 7.06. The molecule has 0 saturated carbocycles. The van der Waals surface area contributed by atoms with Crippen molar-refractivity contribution in [2.24, 2.45) is 5.92 Å². The highest BCUT2D eigenvalue weighted by Crippen LogP contribution is 2.34. The molecule has 0 N–H and O–H groups in total. The van der Waals surface area contributed by atoms with Crippen molar-refractivity contribution in [3.63, 3.8) is 0 Å². The Bertz CT molecular complexity index is 793. The van der Waals surface area contributed by atoms with Crippen LogP contribution in [0, 0.1) is 5.92 Å². The van der Waals surface area contributed by atoms with Gasteiger partial charge in [0.1, 0.15) is 0 Å². The summed E-state index contributed by atoms with van der Waals surface area (Å²) in [4.78, 5) is 0. The van der Waals surface area contributed by atoms with Crippen LogP contribution in [0.1, 0.15) is 44.7 Å². The van der Waals surface area contributed by atoms with Gasteiger partial charge in [-0.3, -0.25) is 3.11 Å². The summed E-state index contributed by atoms with van der Waals surface area (Å²) in [6.45, 7) is 10.4. The fourth-order valence-electron chi connectivity index (χ4n) is 2.97. The summed E-state index contributed by atoms with van der Waals surface area (Å²) < 4.78 is 2.28. The molecule has 1 nitrogen and oxygen atoms in total. The Kier molecular flexibility index (Phi) is 8.86. The summed E-state index contributed by atoms with van der Waals surface area (Å²) in [6, 6.07) is 6.62. The lowest BCUT2D eigenvalue weighted by Crippen LogP contribution is -2.11. The van der Waals surface area contributed by atoms with E-state index in [0.717, 1.165) is 12.8 Å². The molecule has 0 saturated heterocycles. The number of benzene rings is 1. The van der Waals surface area contributed by atoms with Crippen molar-refractivity contribution < 1.29 is 0 Å². The number of anilines is 1. The second-order valence-corrected chi connectivity index (χ2v) is 8.03. The normalized spacial score (nSPS) is 17.6. The molecule has 0 aliphatic heterocycles. The molecule has 0 amide bonds. The zero-order valence-electron chi connectivity index (χ0n) is 16.7. The summed E-state index contributed by atoms with van der Waals surface area (Å²) in [5.41, 5.74) is 6.40. The van der Waals surface area contributed by atoms with Crippen molar-refractivity contribution in [1.29, 1.82) is 0 Å². The van der Waals surface area contributed by atoms with Crippen LogP contribution in [0.2, 0.25) is 0 Å². The van der Waals surface area contributed by atoms with E-state index in [1.54, 1.807) is 0 Å². The molecule has 0 fully saturated rings. The lowest BCUT2D eigenvalue weighted by molar-refractivity contribution is 0.655. The van der Waals surface area contributed by atoms with Gasteiger partial charge >= 0.3 is 0 Å². The van der Waals surface area contributed by atoms with Gasteiger partial charge in [-0.2, -0.15) is 0 Å². The van der Waals surface area contributed by atoms with E-state index in [9.17, 15) is 0 Å². The molecule has 1 aromatic carbocycles. The predicted molar refractivity (Wildman–Crippen MR) is 130 cm³/mol. The van der Waals surface area contributed by atoms with Gasteiger partial charge in [-0.05, 0) is 62.3 Å². The molecule has 1 aromatic rings. The zero-order valence-corrected chi connectivity index (χ0v) is 18.8. The van der Waals surface area contributed by atoms with Crippen molar-refractivity contribution in [3.8, 4) is 0 Å². The number of hydrogen-bond acceptors (Lipinski definition) is 1. The first-order chi connectivity index (χ1) is 13.0. The molecule has 0 aromatic heterocycles. The van der Waals surface area contributed by atoms with E-state index >= 15 is 0 Å². The molecule has 2 rings (SSSR count). The first kappa shape index (κ1) is 21.5. The third-order valence-corrected chi connectivity index (χ3v) is 5.61. The molecule has 0 radical (unpaired) electrons. The summed E-state index contributed by atoms with van der Waals surface area (Å²) in [5, 5.41) is 0. The van der Waals surface area contributed by atoms with Crippen LogP contribution in [0.15, 0.2) is 84.7 Å². The second kappa shape index (κ2) is 11.1. The Morgan fingerprint density at radius 1 is 1.26 bits per heavy atom. The number of allylic oxidation sites excluding steroid dienone is 9. The van der Waals surface area contributed by atoms with E-state index in [0.29, 0.717) is 5.92 Å². The van der Waals surface area contributed by atoms with Crippen LogP contribution in [-0.2, 0) is 6.42 Å². The number of hydrogen-bond donors (Lipinski definition) is 0. The van der Waals surface area contributed by atoms with Crippen LogP contribution in [0.5, 0.6) is 0 Å². The summed E-state index contributed by atoms with van der Waals surface area (Å²) in [7, 11) is 0. The summed E-state index contributed by atoms with van der Waals surface area (Å²) >= 11 is 2.43. The molecule has 0 heterocycles. The smallest absolute Gasteiger partial charge is 0.0646 e. The SMILES string of the molecule is C=C(C)C/C=C(/C=C\C=C\C=C/C)N(I)c1cccc2c1CC[C@@H](C)C=C2. The highest BCUT2D eigenvalue weighted by atomic mass is 127. The molecule has 0 unspecified atom stereocenters. The Balaban J connectivity index is 2.35. The molecule has 0 spiro atoms. The van der Waals surface area contributed by atoms with E-state index in [4.69, 9.17) is 0 Å². The molecule has 1 atom stereocenters. The van der Waals surface area contributed by atoms with Crippen molar-refractivity contribution >= 4 is 34.6 Å². The van der Waals surface area contributed by atoms with Crippen LogP contribution in [0.25, 0.3) is 6.08 Å². The van der Waals surface area contributed by atoms with Crippen LogP contribution in [0.3, 0.4) is 0 Å². The van der Waals surface area contributed by atoms with Gasteiger partial charge in [0, 0.05) is 5.70 Å². The van der Waals surface area contributed by atoms with Gasteiger partial charge in [0.05, 0.1) is 28.6 Å². The van der Waals surface area contributed by atoms with Gasteiger partial charge in [0.2, 0.25) is 0 Å². The van der Waals surface area contributed by atoms with Crippen LogP contribution >= 0.6 is 22.9 Å². The molecular formula is C25H30IN. The monoisotopic (exact) mass is 471 g/mol. The molecule has 27 heavy (non-hydrogen) atoms. The van der Waals surface area contributed by atoms with E-state index < -0.39 is 0 Å². The molecule has 1 aliphatic rings. The van der Waals surface area contributed by atoms with Crippen molar-refractivity contribution in [1.82, 2.24) is 0 Å². The quantitative estimate of drug-likeness (QED) is 0.169. The first-order valence-electron chi connectivity index (χ1n) is 9.59. The first-order valence-corrected chi connectivity index (χ1v) is 10.6. The maximum Gasteiger partial charge on any atom is 0.0646 e. The number of halogens is 1. The third-order valence-electron chi connectivity index (χ3n) is 4.53. The Morgan fingerprint density at radius 2 is 2.04 bits per heavy atom. The van der Waals surface area contributed by atoms with Gasteiger partial charge in [0.15, 0.2) is 0 Å². The minimum Gasteiger partial charge on any atom is -0.283 e. The van der Waals surface area contributed by atoms with E-state index in [2.05, 4.69) is 101 Å². The molecule has 1 aliphatic carbocycles. The Hall–Kier alpha value is -1.81. The Labute approximate surface area is 179 Å². The average molecular weight is 471 g/mol. The van der Waals surface area contributed by atoms with Gasteiger partial charge < -0.3 is 0 Å². The third kappa shape index (κ3) is 6.69. The van der Waals surface area contributed by atoms with Crippen LogP contribution in [-0.4, -0.2) is 0 Å². The highest BCUT2D eigenvalue weighted by Gasteiger charge is 2.16. The summed E-state index contributed by atoms with van der Waals surface area (Å²) in [6.07, 6.45) is 22.5. The van der Waals surface area contributed by atoms with Crippen molar-refractivity contribution in [2.45, 2.75) is 40.0 Å². The minimum atomic E-state index is 0.628. The molecule has 142 valence electrons.